The van der Waals surface area contributed by atoms with E-state index < -0.39 is 15.1 Å². The first-order chi connectivity index (χ1) is 16.8. The molecular formula is C23H32N6O4S2. The van der Waals surface area contributed by atoms with Crippen molar-refractivity contribution in [3.63, 3.8) is 0 Å². The Morgan fingerprint density at radius 2 is 1.91 bits per heavy atom. The number of rotatable bonds is 13. The standard InChI is InChI=1S/C23H32N6O4S2/c1-5-34-23-27-21(25-11-13-33-4)19-15-26-29(22(19)28-23)12-10-24-20(30)14-17-6-8-18(9-7-17)35(31,32)16(2)3/h6-9,15-16H,5,10-14H2,1-4H3,(H,24,30)(H,25,27,28). The number of ether oxygens (including phenoxy) is 1. The molecule has 3 rings (SSSR count). The van der Waals surface area contributed by atoms with Gasteiger partial charge in [-0.3, -0.25) is 4.79 Å². The molecule has 12 heteroatoms. The summed E-state index contributed by atoms with van der Waals surface area (Å²) in [5.74, 6) is 1.40. The molecule has 1 amide bonds. The minimum absolute atomic E-state index is 0.153. The zero-order valence-corrected chi connectivity index (χ0v) is 22.1. The number of benzene rings is 1. The van der Waals surface area contributed by atoms with Crippen molar-refractivity contribution in [3.05, 3.63) is 36.0 Å². The maximum atomic E-state index is 12.4. The number of methoxy groups -OCH3 is 1. The molecule has 0 radical (unpaired) electrons. The molecule has 2 aromatic heterocycles. The third kappa shape index (κ3) is 6.92. The molecule has 0 bridgehead atoms. The number of fused-ring (bicyclic) bond motifs is 1. The van der Waals surface area contributed by atoms with Crippen molar-refractivity contribution in [2.45, 2.75) is 49.0 Å². The van der Waals surface area contributed by atoms with Gasteiger partial charge in [0, 0.05) is 20.2 Å². The Morgan fingerprint density at radius 3 is 2.57 bits per heavy atom. The SMILES string of the molecule is CCSc1nc(NCCOC)c2cnn(CCNC(=O)Cc3ccc(S(=O)(=O)C(C)C)cc3)c2n1. The summed E-state index contributed by atoms with van der Waals surface area (Å²) in [4.78, 5) is 21.9. The zero-order chi connectivity index (χ0) is 25.4. The summed E-state index contributed by atoms with van der Waals surface area (Å²) in [6.07, 6.45) is 1.88. The Morgan fingerprint density at radius 1 is 1.17 bits per heavy atom. The fraction of sp³-hybridized carbons (Fsp3) is 0.478. The van der Waals surface area contributed by atoms with Crippen LogP contribution in [-0.2, 0) is 32.3 Å². The highest BCUT2D eigenvalue weighted by molar-refractivity contribution is 7.99. The average Bonchev–Trinajstić information content (AvgIpc) is 3.23. The van der Waals surface area contributed by atoms with Crippen molar-refractivity contribution < 1.29 is 17.9 Å². The second-order valence-electron chi connectivity index (χ2n) is 8.08. The number of carbonyl (C=O) groups is 1. The fourth-order valence-corrected chi connectivity index (χ4v) is 4.94. The lowest BCUT2D eigenvalue weighted by atomic mass is 10.1. The molecule has 10 nitrogen and oxygen atoms in total. The highest BCUT2D eigenvalue weighted by Crippen LogP contribution is 2.24. The Kier molecular flexibility index (Phi) is 9.47. The van der Waals surface area contributed by atoms with Gasteiger partial charge in [-0.05, 0) is 37.3 Å². The zero-order valence-electron chi connectivity index (χ0n) is 20.4. The first-order valence-electron chi connectivity index (χ1n) is 11.4. The van der Waals surface area contributed by atoms with Crippen LogP contribution in [0.1, 0.15) is 26.3 Å². The molecule has 3 aromatic rings. The third-order valence-corrected chi connectivity index (χ3v) is 8.13. The molecule has 0 fully saturated rings. The molecule has 2 heterocycles. The lowest BCUT2D eigenvalue weighted by Gasteiger charge is -2.10. The monoisotopic (exact) mass is 520 g/mol. The summed E-state index contributed by atoms with van der Waals surface area (Å²) < 4.78 is 31.4. The van der Waals surface area contributed by atoms with Gasteiger partial charge in [-0.2, -0.15) is 5.10 Å². The van der Waals surface area contributed by atoms with E-state index in [4.69, 9.17) is 4.74 Å². The minimum atomic E-state index is -3.33. The van der Waals surface area contributed by atoms with Gasteiger partial charge in [-0.1, -0.05) is 30.8 Å². The topological polar surface area (TPSA) is 128 Å². The van der Waals surface area contributed by atoms with E-state index in [1.165, 1.54) is 0 Å². The number of hydrogen-bond acceptors (Lipinski definition) is 9. The average molecular weight is 521 g/mol. The van der Waals surface area contributed by atoms with E-state index in [1.54, 1.807) is 67.9 Å². The number of amides is 1. The molecule has 0 unspecified atom stereocenters. The van der Waals surface area contributed by atoms with Gasteiger partial charge in [0.15, 0.2) is 20.6 Å². The molecule has 0 spiro atoms. The molecule has 0 saturated heterocycles. The quantitative estimate of drug-likeness (QED) is 0.198. The van der Waals surface area contributed by atoms with Crippen LogP contribution >= 0.6 is 11.8 Å². The number of anilines is 1. The highest BCUT2D eigenvalue weighted by Gasteiger charge is 2.19. The van der Waals surface area contributed by atoms with Crippen LogP contribution in [-0.4, -0.2) is 71.9 Å². The van der Waals surface area contributed by atoms with E-state index in [2.05, 4.69) is 25.7 Å². The lowest BCUT2D eigenvalue weighted by molar-refractivity contribution is -0.120. The summed E-state index contributed by atoms with van der Waals surface area (Å²) in [6.45, 7) is 7.33. The normalized spacial score (nSPS) is 11.8. The van der Waals surface area contributed by atoms with E-state index in [0.717, 1.165) is 16.7 Å². The van der Waals surface area contributed by atoms with Crippen LogP contribution in [0.2, 0.25) is 0 Å². The molecule has 35 heavy (non-hydrogen) atoms. The van der Waals surface area contributed by atoms with Crippen molar-refractivity contribution >= 4 is 44.4 Å². The molecule has 0 aliphatic heterocycles. The van der Waals surface area contributed by atoms with E-state index in [-0.39, 0.29) is 17.2 Å². The van der Waals surface area contributed by atoms with Crippen LogP contribution in [0.3, 0.4) is 0 Å². The van der Waals surface area contributed by atoms with Crippen molar-refractivity contribution in [1.29, 1.82) is 0 Å². The summed E-state index contributed by atoms with van der Waals surface area (Å²) >= 11 is 1.55. The molecule has 190 valence electrons. The Labute approximate surface area is 210 Å². The largest absolute Gasteiger partial charge is 0.383 e. The first-order valence-corrected chi connectivity index (χ1v) is 14.0. The maximum absolute atomic E-state index is 12.4. The maximum Gasteiger partial charge on any atom is 0.224 e. The number of nitrogens with one attached hydrogen (secondary N) is 2. The Bertz CT molecular complexity index is 1240. The summed E-state index contributed by atoms with van der Waals surface area (Å²) in [5, 5.41) is 11.6. The predicted molar refractivity (Wildman–Crippen MR) is 138 cm³/mol. The predicted octanol–water partition coefficient (Wildman–Crippen LogP) is 2.54. The van der Waals surface area contributed by atoms with Gasteiger partial charge in [0.1, 0.15) is 5.82 Å². The van der Waals surface area contributed by atoms with Crippen LogP contribution in [0.4, 0.5) is 5.82 Å². The van der Waals surface area contributed by atoms with Crippen LogP contribution in [0.15, 0.2) is 40.5 Å². The lowest BCUT2D eigenvalue weighted by Crippen LogP contribution is -2.29. The van der Waals surface area contributed by atoms with Gasteiger partial charge >= 0.3 is 0 Å². The van der Waals surface area contributed by atoms with Gasteiger partial charge < -0.3 is 15.4 Å². The summed E-state index contributed by atoms with van der Waals surface area (Å²) in [5.41, 5.74) is 1.45. The van der Waals surface area contributed by atoms with Crippen molar-refractivity contribution in [1.82, 2.24) is 25.1 Å². The first kappa shape index (κ1) is 26.9. The molecular weight excluding hydrogens is 488 g/mol. The molecule has 0 aliphatic carbocycles. The van der Waals surface area contributed by atoms with Crippen LogP contribution in [0, 0.1) is 0 Å². The van der Waals surface area contributed by atoms with E-state index in [1.807, 2.05) is 6.92 Å². The highest BCUT2D eigenvalue weighted by atomic mass is 32.2. The van der Waals surface area contributed by atoms with E-state index in [9.17, 15) is 13.2 Å². The number of aromatic nitrogens is 4. The van der Waals surface area contributed by atoms with Gasteiger partial charge in [-0.15, -0.1) is 0 Å². The van der Waals surface area contributed by atoms with E-state index >= 15 is 0 Å². The number of hydrogen-bond donors (Lipinski definition) is 2. The Balaban J connectivity index is 1.62. The van der Waals surface area contributed by atoms with Gasteiger partial charge in [0.25, 0.3) is 0 Å². The second kappa shape index (κ2) is 12.3. The fourth-order valence-electron chi connectivity index (χ4n) is 3.32. The van der Waals surface area contributed by atoms with Gasteiger partial charge in [0.2, 0.25) is 5.91 Å². The van der Waals surface area contributed by atoms with Gasteiger partial charge in [-0.25, -0.2) is 23.1 Å². The molecule has 1 aromatic carbocycles. The van der Waals surface area contributed by atoms with Crippen LogP contribution in [0.5, 0.6) is 0 Å². The van der Waals surface area contributed by atoms with Crippen molar-refractivity contribution in [2.24, 2.45) is 0 Å². The van der Waals surface area contributed by atoms with Crippen molar-refractivity contribution in [2.75, 3.05) is 37.9 Å². The van der Waals surface area contributed by atoms with E-state index in [0.29, 0.717) is 42.9 Å². The van der Waals surface area contributed by atoms with Crippen LogP contribution in [0.25, 0.3) is 11.0 Å². The number of carbonyl (C=O) groups excluding carboxylic acids is 1. The molecule has 2 N–H and O–H groups in total. The smallest absolute Gasteiger partial charge is 0.224 e. The molecule has 0 aliphatic rings. The number of thioether (sulfide) groups is 1. The molecule has 0 saturated carbocycles. The second-order valence-corrected chi connectivity index (χ2v) is 11.8. The molecule has 0 atom stereocenters. The number of nitrogens with zero attached hydrogens (tertiary/aromatic N) is 4. The summed E-state index contributed by atoms with van der Waals surface area (Å²) in [7, 11) is -1.68. The van der Waals surface area contributed by atoms with Gasteiger partial charge in [0.05, 0.1) is 41.3 Å². The number of sulfone groups is 1. The third-order valence-electron chi connectivity index (χ3n) is 5.23. The van der Waals surface area contributed by atoms with Crippen molar-refractivity contribution in [3.8, 4) is 0 Å². The Hall–Kier alpha value is -2.70. The minimum Gasteiger partial charge on any atom is -0.383 e. The summed E-state index contributed by atoms with van der Waals surface area (Å²) in [6, 6.07) is 6.46. The van der Waals surface area contributed by atoms with Crippen LogP contribution < -0.4 is 10.6 Å².